The number of methoxy groups -OCH3 is 1. The van der Waals surface area contributed by atoms with Gasteiger partial charge in [-0.25, -0.2) is 0 Å². The van der Waals surface area contributed by atoms with Crippen molar-refractivity contribution in [3.05, 3.63) is 65.2 Å². The fraction of sp³-hybridized carbons (Fsp3) is 0.286. The summed E-state index contributed by atoms with van der Waals surface area (Å²) in [5, 5.41) is 2.95. The average Bonchev–Trinajstić information content (AvgIpc) is 2.65. The van der Waals surface area contributed by atoms with Crippen molar-refractivity contribution in [3.63, 3.8) is 0 Å². The topological polar surface area (TPSA) is 47.6 Å². The van der Waals surface area contributed by atoms with Crippen LogP contribution in [0, 0.1) is 0 Å². The minimum Gasteiger partial charge on any atom is -0.493 e. The number of rotatable bonds is 7. The zero-order chi connectivity index (χ0) is 17.5. The Balaban J connectivity index is 1.64. The Hall–Kier alpha value is -2.59. The third-order valence-corrected chi connectivity index (χ3v) is 4.14. The third kappa shape index (κ3) is 4.70. The van der Waals surface area contributed by atoms with Crippen molar-refractivity contribution in [3.8, 4) is 5.75 Å². The molecule has 0 bridgehead atoms. The number of aryl methyl sites for hydroxylation is 1. The molecule has 1 N–H and O–H groups in total. The van der Waals surface area contributed by atoms with Gasteiger partial charge in [-0.15, -0.1) is 0 Å². The number of carbonyl (C=O) groups is 1. The van der Waals surface area contributed by atoms with Crippen LogP contribution < -0.4 is 10.1 Å². The Kier molecular flexibility index (Phi) is 5.86. The van der Waals surface area contributed by atoms with E-state index in [1.165, 1.54) is 11.1 Å². The fourth-order valence-electron chi connectivity index (χ4n) is 2.84. The monoisotopic (exact) mass is 337 g/mol. The van der Waals surface area contributed by atoms with Gasteiger partial charge in [0, 0.05) is 37.5 Å². The molecule has 4 heteroatoms. The van der Waals surface area contributed by atoms with E-state index < -0.39 is 0 Å². The van der Waals surface area contributed by atoms with Gasteiger partial charge in [0.1, 0.15) is 5.75 Å². The molecule has 0 heterocycles. The molecular weight excluding hydrogens is 314 g/mol. The van der Waals surface area contributed by atoms with E-state index in [0.717, 1.165) is 30.7 Å². The highest BCUT2D eigenvalue weighted by Gasteiger charge is 2.11. The average molecular weight is 337 g/mol. The number of allylic oxidation sites excluding steroid dienone is 1. The maximum absolute atomic E-state index is 12.5. The molecule has 2 aromatic rings. The first-order valence-corrected chi connectivity index (χ1v) is 8.59. The summed E-state index contributed by atoms with van der Waals surface area (Å²) in [6.45, 7) is 1.26. The van der Waals surface area contributed by atoms with Crippen molar-refractivity contribution < 1.29 is 14.3 Å². The summed E-state index contributed by atoms with van der Waals surface area (Å²) in [5.41, 5.74) is 3.84. The molecule has 130 valence electrons. The molecule has 0 aromatic heterocycles. The molecule has 4 nitrogen and oxygen atoms in total. The lowest BCUT2D eigenvalue weighted by atomic mass is 9.95. The van der Waals surface area contributed by atoms with Crippen LogP contribution in [0.5, 0.6) is 5.75 Å². The maximum Gasteiger partial charge on any atom is 0.255 e. The second kappa shape index (κ2) is 8.49. The van der Waals surface area contributed by atoms with Crippen LogP contribution in [0.15, 0.2) is 48.5 Å². The molecule has 1 aliphatic carbocycles. The number of benzene rings is 2. The fourth-order valence-corrected chi connectivity index (χ4v) is 2.84. The second-order valence-corrected chi connectivity index (χ2v) is 6.03. The van der Waals surface area contributed by atoms with Crippen LogP contribution in [0.4, 0.5) is 5.69 Å². The van der Waals surface area contributed by atoms with Crippen LogP contribution in [0.25, 0.3) is 6.08 Å². The molecule has 0 unspecified atom stereocenters. The van der Waals surface area contributed by atoms with E-state index in [0.29, 0.717) is 18.8 Å². The van der Waals surface area contributed by atoms with E-state index in [4.69, 9.17) is 9.47 Å². The molecule has 0 fully saturated rings. The number of carbonyl (C=O) groups excluding carboxylic acids is 1. The molecule has 25 heavy (non-hydrogen) atoms. The van der Waals surface area contributed by atoms with Gasteiger partial charge in [0.2, 0.25) is 0 Å². The van der Waals surface area contributed by atoms with Gasteiger partial charge in [-0.2, -0.15) is 0 Å². The molecule has 1 aliphatic rings. The summed E-state index contributed by atoms with van der Waals surface area (Å²) in [6, 6.07) is 13.3. The molecule has 0 aliphatic heterocycles. The molecule has 0 spiro atoms. The predicted octanol–water partition coefficient (Wildman–Crippen LogP) is 4.31. The van der Waals surface area contributed by atoms with E-state index in [2.05, 4.69) is 17.5 Å². The molecule has 0 saturated heterocycles. The summed E-state index contributed by atoms with van der Waals surface area (Å²) in [5.74, 6) is 0.637. The van der Waals surface area contributed by atoms with Crippen molar-refractivity contribution in [2.24, 2.45) is 0 Å². The van der Waals surface area contributed by atoms with Crippen molar-refractivity contribution in [2.75, 3.05) is 25.6 Å². The van der Waals surface area contributed by atoms with Crippen molar-refractivity contribution >= 4 is 17.7 Å². The zero-order valence-corrected chi connectivity index (χ0v) is 14.5. The van der Waals surface area contributed by atoms with Crippen LogP contribution in [-0.2, 0) is 11.2 Å². The van der Waals surface area contributed by atoms with Gasteiger partial charge in [-0.05, 0) is 48.2 Å². The molecule has 0 atom stereocenters. The van der Waals surface area contributed by atoms with Gasteiger partial charge < -0.3 is 14.8 Å². The van der Waals surface area contributed by atoms with E-state index >= 15 is 0 Å². The first-order chi connectivity index (χ1) is 12.3. The standard InChI is InChI=1S/C21H23NO3/c1-24-12-5-13-25-20-9-4-8-19(15-20)22-21(23)18-11-10-16-6-2-3-7-17(16)14-18/h2,4,6,8-11,14-15H,3,5,7,12-13H2,1H3,(H,22,23). The number of hydrogen-bond donors (Lipinski definition) is 1. The van der Waals surface area contributed by atoms with Gasteiger partial charge >= 0.3 is 0 Å². The highest BCUT2D eigenvalue weighted by atomic mass is 16.5. The minimum atomic E-state index is -0.103. The van der Waals surface area contributed by atoms with E-state index in [9.17, 15) is 4.79 Å². The Labute approximate surface area is 148 Å². The van der Waals surface area contributed by atoms with Gasteiger partial charge in [-0.3, -0.25) is 4.79 Å². The lowest BCUT2D eigenvalue weighted by Crippen LogP contribution is -2.13. The highest BCUT2D eigenvalue weighted by Crippen LogP contribution is 2.22. The maximum atomic E-state index is 12.5. The number of anilines is 1. The molecule has 0 saturated carbocycles. The quantitative estimate of drug-likeness (QED) is 0.766. The minimum absolute atomic E-state index is 0.103. The van der Waals surface area contributed by atoms with E-state index in [1.807, 2.05) is 42.5 Å². The smallest absolute Gasteiger partial charge is 0.255 e. The van der Waals surface area contributed by atoms with Crippen LogP contribution in [0.3, 0.4) is 0 Å². The molecule has 3 rings (SSSR count). The van der Waals surface area contributed by atoms with Crippen molar-refractivity contribution in [1.29, 1.82) is 0 Å². The molecule has 1 amide bonds. The second-order valence-electron chi connectivity index (χ2n) is 6.03. The lowest BCUT2D eigenvalue weighted by molar-refractivity contribution is 0.102. The van der Waals surface area contributed by atoms with E-state index in [-0.39, 0.29) is 5.91 Å². The summed E-state index contributed by atoms with van der Waals surface area (Å²) < 4.78 is 10.7. The summed E-state index contributed by atoms with van der Waals surface area (Å²) in [4.78, 5) is 12.5. The first kappa shape index (κ1) is 17.2. The van der Waals surface area contributed by atoms with Crippen molar-refractivity contribution in [2.45, 2.75) is 19.3 Å². The van der Waals surface area contributed by atoms with Gasteiger partial charge in [0.25, 0.3) is 5.91 Å². The van der Waals surface area contributed by atoms with Crippen LogP contribution >= 0.6 is 0 Å². The van der Waals surface area contributed by atoms with E-state index in [1.54, 1.807) is 7.11 Å². The normalized spacial score (nSPS) is 12.5. The zero-order valence-electron chi connectivity index (χ0n) is 14.5. The Morgan fingerprint density at radius 3 is 2.96 bits per heavy atom. The highest BCUT2D eigenvalue weighted by molar-refractivity contribution is 6.04. The van der Waals surface area contributed by atoms with Crippen LogP contribution in [0.1, 0.15) is 34.3 Å². The lowest BCUT2D eigenvalue weighted by Gasteiger charge is -2.13. The third-order valence-electron chi connectivity index (χ3n) is 4.14. The number of ether oxygens (including phenoxy) is 2. The van der Waals surface area contributed by atoms with Crippen LogP contribution in [-0.4, -0.2) is 26.2 Å². The SMILES string of the molecule is COCCCOc1cccc(NC(=O)c2ccc3c(c2)CCC=C3)c1. The molecule has 0 radical (unpaired) electrons. The Morgan fingerprint density at radius 1 is 1.16 bits per heavy atom. The number of hydrogen-bond acceptors (Lipinski definition) is 3. The number of amides is 1. The summed E-state index contributed by atoms with van der Waals surface area (Å²) in [6.07, 6.45) is 7.13. The molecule has 2 aromatic carbocycles. The largest absolute Gasteiger partial charge is 0.493 e. The van der Waals surface area contributed by atoms with Gasteiger partial charge in [0.15, 0.2) is 0 Å². The van der Waals surface area contributed by atoms with Gasteiger partial charge in [0.05, 0.1) is 6.61 Å². The van der Waals surface area contributed by atoms with Gasteiger partial charge in [-0.1, -0.05) is 24.3 Å². The van der Waals surface area contributed by atoms with Crippen LogP contribution in [0.2, 0.25) is 0 Å². The first-order valence-electron chi connectivity index (χ1n) is 8.59. The Bertz CT molecular complexity index is 767. The van der Waals surface area contributed by atoms with Crippen molar-refractivity contribution in [1.82, 2.24) is 0 Å². The molecular formula is C21H23NO3. The predicted molar refractivity (Wildman–Crippen MR) is 100 cm³/mol. The Morgan fingerprint density at radius 2 is 2.08 bits per heavy atom. The number of fused-ring (bicyclic) bond motifs is 1. The number of nitrogens with one attached hydrogen (secondary N) is 1. The summed E-state index contributed by atoms with van der Waals surface area (Å²) in [7, 11) is 1.67. The summed E-state index contributed by atoms with van der Waals surface area (Å²) >= 11 is 0.